The number of rotatable bonds is 4. The monoisotopic (exact) mass is 262 g/mol. The van der Waals surface area contributed by atoms with Gasteiger partial charge in [-0.2, -0.15) is 0 Å². The predicted molar refractivity (Wildman–Crippen MR) is 75.1 cm³/mol. The lowest BCUT2D eigenvalue weighted by Crippen LogP contribution is -2.30. The maximum Gasteiger partial charge on any atom is 0.168 e. The first-order valence-electron chi connectivity index (χ1n) is 6.87. The summed E-state index contributed by atoms with van der Waals surface area (Å²) in [6.45, 7) is 2.09. The van der Waals surface area contributed by atoms with Gasteiger partial charge in [0.2, 0.25) is 0 Å². The van der Waals surface area contributed by atoms with Crippen molar-refractivity contribution in [1.82, 2.24) is 0 Å². The summed E-state index contributed by atoms with van der Waals surface area (Å²) in [7, 11) is 3.19. The fourth-order valence-electron chi connectivity index (χ4n) is 2.89. The Hall–Kier alpha value is -1.51. The molecule has 3 nitrogen and oxygen atoms in total. The lowest BCUT2D eigenvalue weighted by Gasteiger charge is -2.32. The summed E-state index contributed by atoms with van der Waals surface area (Å²) in [4.78, 5) is 12.7. The lowest BCUT2D eigenvalue weighted by molar-refractivity contribution is 0.0749. The topological polar surface area (TPSA) is 35.5 Å². The molecule has 0 bridgehead atoms. The van der Waals surface area contributed by atoms with Crippen LogP contribution in [0, 0.1) is 5.41 Å². The van der Waals surface area contributed by atoms with Crippen LogP contribution in [0.5, 0.6) is 11.5 Å². The van der Waals surface area contributed by atoms with Crippen molar-refractivity contribution >= 4 is 5.78 Å². The fourth-order valence-corrected chi connectivity index (χ4v) is 2.89. The molecule has 0 atom stereocenters. The van der Waals surface area contributed by atoms with Gasteiger partial charge in [-0.05, 0) is 31.0 Å². The Kier molecular flexibility index (Phi) is 4.13. The fraction of sp³-hybridized carbons (Fsp3) is 0.562. The molecule has 3 heteroatoms. The minimum absolute atomic E-state index is 0.210. The third-order valence-corrected chi connectivity index (χ3v) is 4.15. The quantitative estimate of drug-likeness (QED) is 0.773. The van der Waals surface area contributed by atoms with Crippen LogP contribution in [0.3, 0.4) is 0 Å². The number of hydrogen-bond acceptors (Lipinski definition) is 3. The molecule has 104 valence electrons. The number of methoxy groups -OCH3 is 2. The number of hydrogen-bond donors (Lipinski definition) is 0. The highest BCUT2D eigenvalue weighted by molar-refractivity contribution is 6.00. The summed E-state index contributed by atoms with van der Waals surface area (Å²) < 4.78 is 10.5. The molecular formula is C16H22O3. The van der Waals surface area contributed by atoms with Gasteiger partial charge in [-0.15, -0.1) is 0 Å². The van der Waals surface area contributed by atoms with Crippen LogP contribution in [0.2, 0.25) is 0 Å². The number of carbonyl (C=O) groups is 1. The van der Waals surface area contributed by atoms with Gasteiger partial charge < -0.3 is 9.47 Å². The largest absolute Gasteiger partial charge is 0.493 e. The average molecular weight is 262 g/mol. The highest BCUT2D eigenvalue weighted by Crippen LogP contribution is 2.39. The number of benzene rings is 1. The highest BCUT2D eigenvalue weighted by atomic mass is 16.5. The summed E-state index contributed by atoms with van der Waals surface area (Å²) in [6, 6.07) is 5.43. The molecule has 0 unspecified atom stereocenters. The first-order valence-corrected chi connectivity index (χ1v) is 6.87. The molecule has 0 spiro atoms. The van der Waals surface area contributed by atoms with E-state index in [4.69, 9.17) is 9.47 Å². The van der Waals surface area contributed by atoms with E-state index in [9.17, 15) is 4.79 Å². The Balaban J connectivity index is 2.28. The normalized spacial score (nSPS) is 17.8. The van der Waals surface area contributed by atoms with Gasteiger partial charge in [0.05, 0.1) is 14.2 Å². The molecule has 19 heavy (non-hydrogen) atoms. The molecule has 1 aromatic rings. The molecular weight excluding hydrogens is 240 g/mol. The molecule has 0 heterocycles. The Morgan fingerprint density at radius 3 is 2.26 bits per heavy atom. The zero-order chi connectivity index (χ0) is 13.9. The van der Waals surface area contributed by atoms with Crippen molar-refractivity contribution in [3.8, 4) is 11.5 Å². The van der Waals surface area contributed by atoms with Crippen LogP contribution in [0.4, 0.5) is 0 Å². The number of Topliss-reactive ketones (excluding diaryl/α,β-unsaturated/α-hetero) is 1. The van der Waals surface area contributed by atoms with Crippen molar-refractivity contribution in [2.45, 2.75) is 39.0 Å². The zero-order valence-corrected chi connectivity index (χ0v) is 12.0. The van der Waals surface area contributed by atoms with Crippen LogP contribution in [-0.4, -0.2) is 20.0 Å². The van der Waals surface area contributed by atoms with E-state index in [0.717, 1.165) is 31.2 Å². The van der Waals surface area contributed by atoms with Gasteiger partial charge in [0.25, 0.3) is 0 Å². The minimum atomic E-state index is -0.210. The molecule has 1 saturated carbocycles. The van der Waals surface area contributed by atoms with Crippen molar-refractivity contribution < 1.29 is 14.3 Å². The van der Waals surface area contributed by atoms with Crippen LogP contribution >= 0.6 is 0 Å². The van der Waals surface area contributed by atoms with E-state index in [0.29, 0.717) is 11.5 Å². The van der Waals surface area contributed by atoms with E-state index in [1.165, 1.54) is 6.42 Å². The molecule has 0 N–H and O–H groups in total. The van der Waals surface area contributed by atoms with Crippen molar-refractivity contribution in [2.75, 3.05) is 14.2 Å². The maximum atomic E-state index is 12.7. The maximum absolute atomic E-state index is 12.7. The van der Waals surface area contributed by atoms with Crippen LogP contribution < -0.4 is 9.47 Å². The van der Waals surface area contributed by atoms with Crippen molar-refractivity contribution in [1.29, 1.82) is 0 Å². The van der Waals surface area contributed by atoms with E-state index in [-0.39, 0.29) is 11.2 Å². The Bertz CT molecular complexity index is 459. The Labute approximate surface area is 114 Å². The summed E-state index contributed by atoms with van der Waals surface area (Å²) in [6.07, 6.45) is 5.51. The molecule has 0 amide bonds. The molecule has 1 aromatic carbocycles. The summed E-state index contributed by atoms with van der Waals surface area (Å²) >= 11 is 0. The van der Waals surface area contributed by atoms with Crippen LogP contribution in [0.15, 0.2) is 18.2 Å². The summed E-state index contributed by atoms with van der Waals surface area (Å²) in [5.74, 6) is 1.51. The molecule has 0 aromatic heterocycles. The van der Waals surface area contributed by atoms with E-state index >= 15 is 0 Å². The van der Waals surface area contributed by atoms with E-state index in [1.54, 1.807) is 26.4 Å². The summed E-state index contributed by atoms with van der Waals surface area (Å²) in [5.41, 5.74) is 0.514. The molecule has 1 aliphatic rings. The second-order valence-corrected chi connectivity index (χ2v) is 5.52. The van der Waals surface area contributed by atoms with Gasteiger partial charge in [0.1, 0.15) is 0 Å². The molecule has 0 saturated heterocycles. The second-order valence-electron chi connectivity index (χ2n) is 5.52. The molecule has 1 aliphatic carbocycles. The predicted octanol–water partition coefficient (Wildman–Crippen LogP) is 3.86. The van der Waals surface area contributed by atoms with Crippen LogP contribution in [-0.2, 0) is 0 Å². The SMILES string of the molecule is COc1ccc(C(=O)C2(C)CCCCC2)cc1OC. The number of ketones is 1. The van der Waals surface area contributed by atoms with Crippen LogP contribution in [0.1, 0.15) is 49.4 Å². The van der Waals surface area contributed by atoms with Crippen molar-refractivity contribution in [3.63, 3.8) is 0 Å². The molecule has 0 radical (unpaired) electrons. The second kappa shape index (κ2) is 5.64. The van der Waals surface area contributed by atoms with Crippen LogP contribution in [0.25, 0.3) is 0 Å². The van der Waals surface area contributed by atoms with E-state index < -0.39 is 0 Å². The standard InChI is InChI=1S/C16H22O3/c1-16(9-5-4-6-10-16)15(17)12-7-8-13(18-2)14(11-12)19-3/h7-8,11H,4-6,9-10H2,1-3H3. The minimum Gasteiger partial charge on any atom is -0.493 e. The first-order chi connectivity index (χ1) is 9.10. The third-order valence-electron chi connectivity index (χ3n) is 4.15. The lowest BCUT2D eigenvalue weighted by atomic mass is 9.71. The average Bonchev–Trinajstić information content (AvgIpc) is 2.46. The van der Waals surface area contributed by atoms with Gasteiger partial charge in [-0.1, -0.05) is 26.2 Å². The van der Waals surface area contributed by atoms with Gasteiger partial charge >= 0.3 is 0 Å². The molecule has 1 fully saturated rings. The first kappa shape index (κ1) is 13.9. The van der Waals surface area contributed by atoms with Crippen molar-refractivity contribution in [3.05, 3.63) is 23.8 Å². The zero-order valence-electron chi connectivity index (χ0n) is 12.0. The number of ether oxygens (including phenoxy) is 2. The third kappa shape index (κ3) is 2.75. The number of carbonyl (C=O) groups excluding carboxylic acids is 1. The Morgan fingerprint density at radius 2 is 1.68 bits per heavy atom. The van der Waals surface area contributed by atoms with Gasteiger partial charge in [0.15, 0.2) is 17.3 Å². The van der Waals surface area contributed by atoms with Crippen molar-refractivity contribution in [2.24, 2.45) is 5.41 Å². The van der Waals surface area contributed by atoms with Gasteiger partial charge in [-0.25, -0.2) is 0 Å². The van der Waals surface area contributed by atoms with E-state index in [1.807, 2.05) is 6.07 Å². The highest BCUT2D eigenvalue weighted by Gasteiger charge is 2.35. The smallest absolute Gasteiger partial charge is 0.168 e. The molecule has 2 rings (SSSR count). The van der Waals surface area contributed by atoms with E-state index in [2.05, 4.69) is 6.92 Å². The summed E-state index contributed by atoms with van der Waals surface area (Å²) in [5, 5.41) is 0. The van der Waals surface area contributed by atoms with Gasteiger partial charge in [-0.3, -0.25) is 4.79 Å². The van der Waals surface area contributed by atoms with Gasteiger partial charge in [0, 0.05) is 11.0 Å². The Morgan fingerprint density at radius 1 is 1.05 bits per heavy atom. The molecule has 0 aliphatic heterocycles.